The van der Waals surface area contributed by atoms with Crippen LogP contribution in [0.1, 0.15) is 0 Å². The van der Waals surface area contributed by atoms with Crippen LogP contribution in [-0.4, -0.2) is 12.3 Å². The molecular weight excluding hydrogens is 234 g/mol. The Kier molecular flexibility index (Phi) is 4.08. The average molecular weight is 243 g/mol. The zero-order chi connectivity index (χ0) is 8.39. The van der Waals surface area contributed by atoms with Crippen LogP contribution in [0.3, 0.4) is 0 Å². The van der Waals surface area contributed by atoms with Crippen LogP contribution in [0.2, 0.25) is 6.82 Å². The number of pyridine rings is 1. The summed E-state index contributed by atoms with van der Waals surface area (Å²) in [5.74, 6) is 0. The molecule has 0 fully saturated rings. The SMILES string of the molecule is C[B]c1ccc2ccccc2n1.[Y]. The maximum atomic E-state index is 4.44. The average Bonchev–Trinajstić information content (AvgIpc) is 2.17. The van der Waals surface area contributed by atoms with Gasteiger partial charge in [-0.2, -0.15) is 0 Å². The van der Waals surface area contributed by atoms with E-state index in [-0.39, 0.29) is 32.7 Å². The second kappa shape index (κ2) is 4.88. The Balaban J connectivity index is 0.000000845. The molecule has 0 atom stereocenters. The number of benzene rings is 1. The van der Waals surface area contributed by atoms with Crippen molar-refractivity contribution < 1.29 is 32.7 Å². The molecule has 0 aliphatic carbocycles. The maximum Gasteiger partial charge on any atom is 0.174 e. The first-order valence-electron chi connectivity index (χ1n) is 4.05. The van der Waals surface area contributed by atoms with Gasteiger partial charge < -0.3 is 0 Å². The van der Waals surface area contributed by atoms with E-state index in [0.29, 0.717) is 0 Å². The molecule has 0 aliphatic rings. The topological polar surface area (TPSA) is 12.9 Å². The summed E-state index contributed by atoms with van der Waals surface area (Å²) >= 11 is 0. The molecule has 60 valence electrons. The normalized spacial score (nSPS) is 9.31. The Morgan fingerprint density at radius 2 is 1.85 bits per heavy atom. The van der Waals surface area contributed by atoms with Gasteiger partial charge in [-0.05, 0) is 11.7 Å². The number of aromatic nitrogens is 1. The summed E-state index contributed by atoms with van der Waals surface area (Å²) in [6.07, 6.45) is 0. The van der Waals surface area contributed by atoms with E-state index < -0.39 is 0 Å². The molecule has 1 aromatic carbocycles. The first-order chi connectivity index (χ1) is 5.90. The fraction of sp³-hybridized carbons (Fsp3) is 0.100. The van der Waals surface area contributed by atoms with Gasteiger partial charge in [0, 0.05) is 38.1 Å². The summed E-state index contributed by atoms with van der Waals surface area (Å²) in [5, 5.41) is 1.20. The number of fused-ring (bicyclic) bond motifs is 1. The molecule has 0 N–H and O–H groups in total. The minimum atomic E-state index is 0. The van der Waals surface area contributed by atoms with Gasteiger partial charge >= 0.3 is 0 Å². The van der Waals surface area contributed by atoms with E-state index in [4.69, 9.17) is 0 Å². The Morgan fingerprint density at radius 3 is 2.62 bits per heavy atom. The van der Waals surface area contributed by atoms with Gasteiger partial charge in [0.15, 0.2) is 7.28 Å². The molecule has 2 aromatic rings. The standard InChI is InChI=1S/C10H9BN.Y/c1-11-10-7-6-8-4-2-3-5-9(8)12-10;/h2-7H,1H3;. The fourth-order valence-electron chi connectivity index (χ4n) is 1.24. The zero-order valence-electron chi connectivity index (χ0n) is 7.57. The van der Waals surface area contributed by atoms with Crippen molar-refractivity contribution in [3.8, 4) is 0 Å². The summed E-state index contributed by atoms with van der Waals surface area (Å²) in [6.45, 7) is 2.00. The van der Waals surface area contributed by atoms with E-state index in [1.807, 2.05) is 38.4 Å². The number of hydrogen-bond acceptors (Lipinski definition) is 1. The predicted octanol–water partition coefficient (Wildman–Crippen LogP) is 1.61. The van der Waals surface area contributed by atoms with Crippen LogP contribution in [0.4, 0.5) is 0 Å². The van der Waals surface area contributed by atoms with Crippen LogP contribution in [0.5, 0.6) is 0 Å². The van der Waals surface area contributed by atoms with Crippen LogP contribution >= 0.6 is 0 Å². The summed E-state index contributed by atoms with van der Waals surface area (Å²) in [4.78, 5) is 4.44. The Bertz CT molecular complexity index is 403. The van der Waals surface area contributed by atoms with Gasteiger partial charge in [0.05, 0.1) is 5.52 Å². The Hall–Kier alpha value is -0.201. The van der Waals surface area contributed by atoms with Crippen LogP contribution in [0.15, 0.2) is 36.4 Å². The van der Waals surface area contributed by atoms with Crippen molar-refractivity contribution in [2.45, 2.75) is 6.82 Å². The second-order valence-electron chi connectivity index (χ2n) is 2.72. The van der Waals surface area contributed by atoms with Crippen molar-refractivity contribution in [3.63, 3.8) is 0 Å². The largest absolute Gasteiger partial charge is 0.264 e. The molecule has 0 amide bonds. The van der Waals surface area contributed by atoms with Gasteiger partial charge in [0.1, 0.15) is 0 Å². The molecule has 0 unspecified atom stereocenters. The van der Waals surface area contributed by atoms with E-state index in [2.05, 4.69) is 17.1 Å². The minimum Gasteiger partial charge on any atom is -0.264 e. The third-order valence-electron chi connectivity index (χ3n) is 1.92. The van der Waals surface area contributed by atoms with E-state index in [0.717, 1.165) is 11.1 Å². The Labute approximate surface area is 104 Å². The third kappa shape index (κ3) is 2.38. The number of nitrogens with zero attached hydrogens (tertiary/aromatic N) is 1. The number of para-hydroxylation sites is 1. The van der Waals surface area contributed by atoms with Crippen LogP contribution < -0.4 is 5.59 Å². The molecule has 0 aliphatic heterocycles. The van der Waals surface area contributed by atoms with Gasteiger partial charge in [-0.15, -0.1) is 0 Å². The van der Waals surface area contributed by atoms with E-state index >= 15 is 0 Å². The third-order valence-corrected chi connectivity index (χ3v) is 1.92. The molecule has 0 spiro atoms. The predicted molar refractivity (Wildman–Crippen MR) is 53.0 cm³/mol. The molecule has 2 rings (SSSR count). The van der Waals surface area contributed by atoms with Gasteiger partial charge in [-0.3, -0.25) is 4.98 Å². The van der Waals surface area contributed by atoms with Crippen LogP contribution in [-0.2, 0) is 32.7 Å². The summed E-state index contributed by atoms with van der Waals surface area (Å²) in [6, 6.07) is 12.3. The zero-order valence-corrected chi connectivity index (χ0v) is 10.4. The summed E-state index contributed by atoms with van der Waals surface area (Å²) in [5.41, 5.74) is 2.10. The van der Waals surface area contributed by atoms with Crippen LogP contribution in [0.25, 0.3) is 10.9 Å². The van der Waals surface area contributed by atoms with Crippen molar-refractivity contribution in [2.24, 2.45) is 0 Å². The van der Waals surface area contributed by atoms with E-state index in [1.54, 1.807) is 0 Å². The molecule has 0 bridgehead atoms. The molecule has 1 nitrogen and oxygen atoms in total. The van der Waals surface area contributed by atoms with Gasteiger partial charge in [0.25, 0.3) is 0 Å². The van der Waals surface area contributed by atoms with Gasteiger partial charge in [-0.1, -0.05) is 37.2 Å². The number of rotatable bonds is 1. The van der Waals surface area contributed by atoms with Crippen molar-refractivity contribution in [3.05, 3.63) is 36.4 Å². The van der Waals surface area contributed by atoms with E-state index in [1.165, 1.54) is 5.39 Å². The molecule has 0 saturated heterocycles. The second-order valence-corrected chi connectivity index (χ2v) is 2.72. The van der Waals surface area contributed by atoms with Crippen molar-refractivity contribution in [2.75, 3.05) is 0 Å². The maximum absolute atomic E-state index is 4.44. The number of hydrogen-bond donors (Lipinski definition) is 0. The molecule has 3 heteroatoms. The molecule has 1 heterocycles. The van der Waals surface area contributed by atoms with Crippen molar-refractivity contribution in [1.29, 1.82) is 0 Å². The first-order valence-corrected chi connectivity index (χ1v) is 4.05. The first kappa shape index (κ1) is 10.9. The van der Waals surface area contributed by atoms with Crippen molar-refractivity contribution in [1.82, 2.24) is 4.98 Å². The molecule has 1 aromatic heterocycles. The quantitative estimate of drug-likeness (QED) is 0.693. The van der Waals surface area contributed by atoms with Gasteiger partial charge in [-0.25, -0.2) is 0 Å². The summed E-state index contributed by atoms with van der Waals surface area (Å²) < 4.78 is 0. The minimum absolute atomic E-state index is 0. The van der Waals surface area contributed by atoms with Gasteiger partial charge in [0.2, 0.25) is 0 Å². The van der Waals surface area contributed by atoms with Crippen molar-refractivity contribution >= 4 is 23.8 Å². The molecular formula is C10H9BNY. The molecule has 0 saturated carbocycles. The smallest absolute Gasteiger partial charge is 0.174 e. The van der Waals surface area contributed by atoms with Crippen LogP contribution in [0, 0.1) is 0 Å². The molecule has 2 radical (unpaired) electrons. The van der Waals surface area contributed by atoms with E-state index in [9.17, 15) is 0 Å². The fourth-order valence-corrected chi connectivity index (χ4v) is 1.24. The molecule has 13 heavy (non-hydrogen) atoms. The summed E-state index contributed by atoms with van der Waals surface area (Å²) in [7, 11) is 2.01. The monoisotopic (exact) mass is 243 g/mol. The Morgan fingerprint density at radius 1 is 1.08 bits per heavy atom.